The van der Waals surface area contributed by atoms with Crippen LogP contribution in [0.4, 0.5) is 0 Å². The van der Waals surface area contributed by atoms with Crippen molar-refractivity contribution in [2.24, 2.45) is 0 Å². The standard InChI is InChI=1S/C20H33N3O2/c1-16-8-6-7-9-18(16)19(21(2)3)20(24)23(14-15-25-5)17-10-12-22(4)13-11-17/h6-9,17,19H,10-15H2,1-5H3/t19-/m0/s1. The number of carbonyl (C=O) groups excluding carboxylic acids is 1. The molecule has 0 aromatic heterocycles. The number of likely N-dealkylation sites (tertiary alicyclic amines) is 1. The van der Waals surface area contributed by atoms with E-state index in [0.717, 1.165) is 37.1 Å². The zero-order valence-electron chi connectivity index (χ0n) is 16.4. The first-order chi connectivity index (χ1) is 12.0. The number of nitrogens with zero attached hydrogens (tertiary/aromatic N) is 3. The monoisotopic (exact) mass is 347 g/mol. The van der Waals surface area contributed by atoms with Gasteiger partial charge in [0.2, 0.25) is 5.91 Å². The van der Waals surface area contributed by atoms with Crippen LogP contribution in [-0.2, 0) is 9.53 Å². The van der Waals surface area contributed by atoms with E-state index >= 15 is 0 Å². The number of carbonyl (C=O) groups is 1. The molecule has 1 aliphatic rings. The molecule has 1 amide bonds. The van der Waals surface area contributed by atoms with Gasteiger partial charge in [0, 0.05) is 19.7 Å². The number of ether oxygens (including phenoxy) is 1. The van der Waals surface area contributed by atoms with Gasteiger partial charge in [-0.25, -0.2) is 0 Å². The summed E-state index contributed by atoms with van der Waals surface area (Å²) in [7, 11) is 7.81. The average molecular weight is 348 g/mol. The second-order valence-corrected chi connectivity index (χ2v) is 7.28. The van der Waals surface area contributed by atoms with Crippen LogP contribution in [0, 0.1) is 6.92 Å². The molecule has 1 aromatic carbocycles. The predicted octanol–water partition coefficient (Wildman–Crippen LogP) is 2.17. The van der Waals surface area contributed by atoms with Gasteiger partial charge in [0.1, 0.15) is 6.04 Å². The third-order valence-corrected chi connectivity index (χ3v) is 5.18. The zero-order valence-corrected chi connectivity index (χ0v) is 16.4. The molecule has 25 heavy (non-hydrogen) atoms. The minimum absolute atomic E-state index is 0.186. The second-order valence-electron chi connectivity index (χ2n) is 7.28. The summed E-state index contributed by atoms with van der Waals surface area (Å²) in [5.41, 5.74) is 2.25. The molecule has 0 unspecified atom stereocenters. The van der Waals surface area contributed by atoms with Crippen LogP contribution in [0.2, 0.25) is 0 Å². The normalized spacial score (nSPS) is 17.7. The van der Waals surface area contributed by atoms with Crippen LogP contribution in [-0.4, -0.2) is 81.1 Å². The second kappa shape index (κ2) is 9.32. The van der Waals surface area contributed by atoms with E-state index in [4.69, 9.17) is 4.74 Å². The highest BCUT2D eigenvalue weighted by Crippen LogP contribution is 2.27. The summed E-state index contributed by atoms with van der Waals surface area (Å²) >= 11 is 0. The van der Waals surface area contributed by atoms with Crippen LogP contribution in [0.15, 0.2) is 24.3 Å². The average Bonchev–Trinajstić information content (AvgIpc) is 2.58. The van der Waals surface area contributed by atoms with Crippen LogP contribution in [0.5, 0.6) is 0 Å². The molecule has 0 aliphatic carbocycles. The molecule has 1 aromatic rings. The summed E-state index contributed by atoms with van der Waals surface area (Å²) in [6.07, 6.45) is 2.06. The van der Waals surface area contributed by atoms with Gasteiger partial charge in [0.15, 0.2) is 0 Å². The van der Waals surface area contributed by atoms with Crippen molar-refractivity contribution in [2.75, 3.05) is 54.5 Å². The van der Waals surface area contributed by atoms with Crippen LogP contribution in [0.1, 0.15) is 30.0 Å². The number of methoxy groups -OCH3 is 1. The van der Waals surface area contributed by atoms with Crippen molar-refractivity contribution >= 4 is 5.91 Å². The van der Waals surface area contributed by atoms with Crippen molar-refractivity contribution in [2.45, 2.75) is 31.8 Å². The molecule has 1 fully saturated rings. The molecule has 2 rings (SSSR count). The Labute approximate surface area is 152 Å². The molecule has 0 N–H and O–H groups in total. The van der Waals surface area contributed by atoms with E-state index in [2.05, 4.69) is 35.9 Å². The van der Waals surface area contributed by atoms with Crippen molar-refractivity contribution in [3.05, 3.63) is 35.4 Å². The van der Waals surface area contributed by atoms with Crippen molar-refractivity contribution in [3.8, 4) is 0 Å². The van der Waals surface area contributed by atoms with Gasteiger partial charge >= 0.3 is 0 Å². The van der Waals surface area contributed by atoms with Gasteiger partial charge in [-0.05, 0) is 65.1 Å². The highest BCUT2D eigenvalue weighted by Gasteiger charge is 2.33. The Hall–Kier alpha value is -1.43. The largest absolute Gasteiger partial charge is 0.383 e. The minimum atomic E-state index is -0.252. The smallest absolute Gasteiger partial charge is 0.244 e. The van der Waals surface area contributed by atoms with E-state index < -0.39 is 0 Å². The lowest BCUT2D eigenvalue weighted by Crippen LogP contribution is -2.51. The number of rotatable bonds is 7. The zero-order chi connectivity index (χ0) is 18.4. The maximum atomic E-state index is 13.5. The van der Waals surface area contributed by atoms with Crippen molar-refractivity contribution in [1.29, 1.82) is 0 Å². The number of amides is 1. The summed E-state index contributed by atoms with van der Waals surface area (Å²) in [5, 5.41) is 0. The molecular weight excluding hydrogens is 314 g/mol. The van der Waals surface area contributed by atoms with Gasteiger partial charge < -0.3 is 14.5 Å². The number of hydrogen-bond donors (Lipinski definition) is 0. The highest BCUT2D eigenvalue weighted by molar-refractivity contribution is 5.84. The van der Waals surface area contributed by atoms with E-state index in [0.29, 0.717) is 19.2 Å². The van der Waals surface area contributed by atoms with Gasteiger partial charge in [0.05, 0.1) is 6.61 Å². The first-order valence-electron chi connectivity index (χ1n) is 9.15. The van der Waals surface area contributed by atoms with Gasteiger partial charge in [-0.1, -0.05) is 24.3 Å². The fourth-order valence-corrected chi connectivity index (χ4v) is 3.65. The molecule has 0 saturated carbocycles. The Kier molecular flexibility index (Phi) is 7.41. The number of benzene rings is 1. The van der Waals surface area contributed by atoms with Crippen molar-refractivity contribution in [3.63, 3.8) is 0 Å². The molecule has 1 aliphatic heterocycles. The number of likely N-dealkylation sites (N-methyl/N-ethyl adjacent to an activating group) is 1. The Morgan fingerprint density at radius 3 is 2.48 bits per heavy atom. The fraction of sp³-hybridized carbons (Fsp3) is 0.650. The minimum Gasteiger partial charge on any atom is -0.383 e. The maximum Gasteiger partial charge on any atom is 0.244 e. The first-order valence-corrected chi connectivity index (χ1v) is 9.15. The fourth-order valence-electron chi connectivity index (χ4n) is 3.65. The van der Waals surface area contributed by atoms with E-state index in [9.17, 15) is 4.79 Å². The SMILES string of the molecule is COCCN(C(=O)[C@H](c1ccccc1C)N(C)C)C1CCN(C)CC1. The molecular formula is C20H33N3O2. The Balaban J connectivity index is 2.26. The molecule has 1 heterocycles. The number of hydrogen-bond acceptors (Lipinski definition) is 4. The summed E-state index contributed by atoms with van der Waals surface area (Å²) < 4.78 is 5.29. The van der Waals surface area contributed by atoms with Crippen molar-refractivity contribution < 1.29 is 9.53 Å². The van der Waals surface area contributed by atoms with Crippen LogP contribution in [0.3, 0.4) is 0 Å². The molecule has 0 spiro atoms. The van der Waals surface area contributed by atoms with Gasteiger partial charge in [-0.15, -0.1) is 0 Å². The maximum absolute atomic E-state index is 13.5. The molecule has 5 heteroatoms. The lowest BCUT2D eigenvalue weighted by molar-refractivity contribution is -0.140. The quantitative estimate of drug-likeness (QED) is 0.757. The summed E-state index contributed by atoms with van der Waals surface area (Å²) in [6.45, 7) is 5.39. The third kappa shape index (κ3) is 5.03. The number of piperidine rings is 1. The highest BCUT2D eigenvalue weighted by atomic mass is 16.5. The van der Waals surface area contributed by atoms with Gasteiger partial charge in [0.25, 0.3) is 0 Å². The van der Waals surface area contributed by atoms with E-state index in [1.807, 2.05) is 31.1 Å². The molecule has 1 saturated heterocycles. The topological polar surface area (TPSA) is 36.0 Å². The Morgan fingerprint density at radius 1 is 1.28 bits per heavy atom. The number of aryl methyl sites for hydroxylation is 1. The van der Waals surface area contributed by atoms with Crippen LogP contribution >= 0.6 is 0 Å². The first kappa shape index (κ1) is 19.9. The Bertz CT molecular complexity index is 554. The lowest BCUT2D eigenvalue weighted by atomic mass is 9.97. The predicted molar refractivity (Wildman–Crippen MR) is 102 cm³/mol. The van der Waals surface area contributed by atoms with E-state index in [1.54, 1.807) is 7.11 Å². The summed E-state index contributed by atoms with van der Waals surface area (Å²) in [5.74, 6) is 0.186. The van der Waals surface area contributed by atoms with Crippen LogP contribution < -0.4 is 0 Å². The molecule has 5 nitrogen and oxygen atoms in total. The third-order valence-electron chi connectivity index (χ3n) is 5.18. The van der Waals surface area contributed by atoms with Gasteiger partial charge in [-0.3, -0.25) is 9.69 Å². The molecule has 0 radical (unpaired) electrons. The van der Waals surface area contributed by atoms with Crippen molar-refractivity contribution in [1.82, 2.24) is 14.7 Å². The Morgan fingerprint density at radius 2 is 1.92 bits per heavy atom. The molecule has 1 atom stereocenters. The van der Waals surface area contributed by atoms with Crippen LogP contribution in [0.25, 0.3) is 0 Å². The summed E-state index contributed by atoms with van der Waals surface area (Å²) in [4.78, 5) is 20.0. The molecule has 0 bridgehead atoms. The lowest BCUT2D eigenvalue weighted by Gasteiger charge is -2.40. The van der Waals surface area contributed by atoms with E-state index in [1.165, 1.54) is 0 Å². The summed E-state index contributed by atoms with van der Waals surface area (Å²) in [6, 6.07) is 8.23. The van der Waals surface area contributed by atoms with Gasteiger partial charge in [-0.2, -0.15) is 0 Å². The molecule has 140 valence electrons. The van der Waals surface area contributed by atoms with E-state index in [-0.39, 0.29) is 11.9 Å².